The summed E-state index contributed by atoms with van der Waals surface area (Å²) in [5.41, 5.74) is 1.04. The predicted octanol–water partition coefficient (Wildman–Crippen LogP) is 1.30. The summed E-state index contributed by atoms with van der Waals surface area (Å²) >= 11 is 0. The first-order valence-electron chi connectivity index (χ1n) is 5.37. The third kappa shape index (κ3) is 1.30. The van der Waals surface area contributed by atoms with Crippen LogP contribution in [0.4, 0.5) is 0 Å². The molecule has 2 heterocycles. The van der Waals surface area contributed by atoms with Crippen molar-refractivity contribution in [3.05, 3.63) is 29.8 Å². The molecule has 1 aromatic carbocycles. The topological polar surface area (TPSA) is 51.0 Å². The summed E-state index contributed by atoms with van der Waals surface area (Å²) < 4.78 is 11.3. The molecule has 0 spiro atoms. The lowest BCUT2D eigenvalue weighted by Crippen LogP contribution is -2.42. The zero-order valence-corrected chi connectivity index (χ0v) is 8.96. The van der Waals surface area contributed by atoms with Crippen LogP contribution < -0.4 is 4.74 Å². The molecule has 4 heteroatoms. The highest BCUT2D eigenvalue weighted by Gasteiger charge is 2.43. The van der Waals surface area contributed by atoms with Crippen molar-refractivity contribution in [3.63, 3.8) is 0 Å². The van der Waals surface area contributed by atoms with Crippen LogP contribution in [0.15, 0.2) is 29.3 Å². The van der Waals surface area contributed by atoms with Gasteiger partial charge in [-0.2, -0.15) is 0 Å². The molecule has 0 amide bonds. The van der Waals surface area contributed by atoms with Crippen molar-refractivity contribution in [2.45, 2.75) is 25.2 Å². The van der Waals surface area contributed by atoms with Crippen LogP contribution in [0, 0.1) is 0 Å². The Bertz CT molecular complexity index is 444. The fourth-order valence-corrected chi connectivity index (χ4v) is 2.29. The molecule has 0 saturated heterocycles. The molecule has 16 heavy (non-hydrogen) atoms. The number of ether oxygens (including phenoxy) is 2. The average molecular weight is 219 g/mol. The molecule has 0 aliphatic carbocycles. The number of hydrogen-bond acceptors (Lipinski definition) is 4. The maximum Gasteiger partial charge on any atom is 0.181 e. The van der Waals surface area contributed by atoms with E-state index in [4.69, 9.17) is 9.47 Å². The highest BCUT2D eigenvalue weighted by atomic mass is 16.6. The van der Waals surface area contributed by atoms with Crippen LogP contribution in [0.25, 0.3) is 0 Å². The van der Waals surface area contributed by atoms with Crippen LogP contribution in [-0.2, 0) is 4.74 Å². The van der Waals surface area contributed by atoms with Crippen molar-refractivity contribution in [1.29, 1.82) is 0 Å². The maximum absolute atomic E-state index is 9.29. The monoisotopic (exact) mass is 219 g/mol. The van der Waals surface area contributed by atoms with Gasteiger partial charge in [-0.3, -0.25) is 0 Å². The molecule has 4 nitrogen and oxygen atoms in total. The Kier molecular flexibility index (Phi) is 2.11. The van der Waals surface area contributed by atoms with Crippen molar-refractivity contribution in [1.82, 2.24) is 0 Å². The van der Waals surface area contributed by atoms with Crippen molar-refractivity contribution in [2.24, 2.45) is 4.99 Å². The lowest BCUT2D eigenvalue weighted by atomic mass is 9.95. The van der Waals surface area contributed by atoms with Gasteiger partial charge in [-0.15, -0.1) is 0 Å². The van der Waals surface area contributed by atoms with Crippen LogP contribution in [0.5, 0.6) is 5.75 Å². The second-order valence-corrected chi connectivity index (χ2v) is 4.05. The Labute approximate surface area is 93.5 Å². The Hall–Kier alpha value is -1.55. The standard InChI is InChI=1S/C12H13NO3/c1-7-13-11-8-4-2-3-5-9(8)16-10(6-14)12(11)15-7/h2-5,10-12,14H,6H2,1H3. The number of hydrogen-bond donors (Lipinski definition) is 1. The zero-order valence-electron chi connectivity index (χ0n) is 8.96. The molecule has 3 rings (SSSR count). The minimum absolute atomic E-state index is 0.0397. The molecule has 84 valence electrons. The minimum atomic E-state index is -0.332. The summed E-state index contributed by atoms with van der Waals surface area (Å²) in [6.45, 7) is 1.77. The smallest absolute Gasteiger partial charge is 0.181 e. The first-order chi connectivity index (χ1) is 7.79. The van der Waals surface area contributed by atoms with E-state index >= 15 is 0 Å². The highest BCUT2D eigenvalue weighted by molar-refractivity contribution is 5.76. The van der Waals surface area contributed by atoms with Gasteiger partial charge < -0.3 is 14.6 Å². The minimum Gasteiger partial charge on any atom is -0.484 e. The van der Waals surface area contributed by atoms with Crippen molar-refractivity contribution < 1.29 is 14.6 Å². The third-order valence-corrected chi connectivity index (χ3v) is 3.00. The average Bonchev–Trinajstić information content (AvgIpc) is 2.69. The second kappa shape index (κ2) is 3.49. The number of rotatable bonds is 1. The molecule has 0 radical (unpaired) electrons. The Morgan fingerprint density at radius 3 is 2.94 bits per heavy atom. The van der Waals surface area contributed by atoms with Gasteiger partial charge >= 0.3 is 0 Å². The lowest BCUT2D eigenvalue weighted by molar-refractivity contribution is -0.00459. The van der Waals surface area contributed by atoms with E-state index in [9.17, 15) is 5.11 Å². The lowest BCUT2D eigenvalue weighted by Gasteiger charge is -2.32. The number of aliphatic hydroxyl groups is 1. The Morgan fingerprint density at radius 2 is 2.12 bits per heavy atom. The number of benzene rings is 1. The van der Waals surface area contributed by atoms with E-state index < -0.39 is 0 Å². The van der Waals surface area contributed by atoms with Gasteiger partial charge in [0.05, 0.1) is 6.61 Å². The van der Waals surface area contributed by atoms with Crippen LogP contribution >= 0.6 is 0 Å². The normalized spacial score (nSPS) is 30.9. The van der Waals surface area contributed by atoms with Crippen LogP contribution in [0.2, 0.25) is 0 Å². The zero-order chi connectivity index (χ0) is 11.1. The van der Waals surface area contributed by atoms with Gasteiger partial charge in [0, 0.05) is 12.5 Å². The van der Waals surface area contributed by atoms with E-state index in [2.05, 4.69) is 4.99 Å². The SMILES string of the molecule is CC1=NC2c3ccccc3OC(CO)C2O1. The molecule has 0 saturated carbocycles. The van der Waals surface area contributed by atoms with E-state index in [1.165, 1.54) is 0 Å². The maximum atomic E-state index is 9.29. The Balaban J connectivity index is 2.06. The van der Waals surface area contributed by atoms with Gasteiger partial charge in [-0.05, 0) is 6.07 Å². The third-order valence-electron chi connectivity index (χ3n) is 3.00. The molecule has 2 aliphatic rings. The fraction of sp³-hybridized carbons (Fsp3) is 0.417. The fourth-order valence-electron chi connectivity index (χ4n) is 2.29. The number of aliphatic hydroxyl groups excluding tert-OH is 1. The van der Waals surface area contributed by atoms with E-state index in [1.54, 1.807) is 0 Å². The van der Waals surface area contributed by atoms with Gasteiger partial charge in [-0.25, -0.2) is 4.99 Å². The van der Waals surface area contributed by atoms with Gasteiger partial charge in [0.1, 0.15) is 11.8 Å². The number of aliphatic imine (C=N–C) groups is 1. The number of nitrogens with zero attached hydrogens (tertiary/aromatic N) is 1. The predicted molar refractivity (Wildman–Crippen MR) is 58.7 cm³/mol. The van der Waals surface area contributed by atoms with Crippen LogP contribution in [0.3, 0.4) is 0 Å². The molecular formula is C12H13NO3. The molecule has 0 aromatic heterocycles. The van der Waals surface area contributed by atoms with Crippen molar-refractivity contribution in [2.75, 3.05) is 6.61 Å². The van der Waals surface area contributed by atoms with Crippen LogP contribution in [0.1, 0.15) is 18.5 Å². The summed E-state index contributed by atoms with van der Waals surface area (Å²) in [6, 6.07) is 7.73. The first kappa shape index (κ1) is 9.66. The van der Waals surface area contributed by atoms with Gasteiger partial charge in [0.2, 0.25) is 0 Å². The Morgan fingerprint density at radius 1 is 1.31 bits per heavy atom. The van der Waals surface area contributed by atoms with Gasteiger partial charge in [0.15, 0.2) is 18.1 Å². The largest absolute Gasteiger partial charge is 0.484 e. The summed E-state index contributed by atoms with van der Waals surface area (Å²) in [6.07, 6.45) is -0.527. The summed E-state index contributed by atoms with van der Waals surface area (Å²) in [5.74, 6) is 1.46. The van der Waals surface area contributed by atoms with Gasteiger partial charge in [-0.1, -0.05) is 18.2 Å². The second-order valence-electron chi connectivity index (χ2n) is 4.05. The molecule has 3 atom stereocenters. The molecule has 0 bridgehead atoms. The molecule has 1 N–H and O–H groups in total. The highest BCUT2D eigenvalue weighted by Crippen LogP contribution is 2.41. The summed E-state index contributed by atoms with van der Waals surface area (Å²) in [7, 11) is 0. The quantitative estimate of drug-likeness (QED) is 0.774. The molecule has 0 fully saturated rings. The summed E-state index contributed by atoms with van der Waals surface area (Å²) in [5, 5.41) is 9.29. The molecule has 2 aliphatic heterocycles. The van der Waals surface area contributed by atoms with E-state index in [1.807, 2.05) is 31.2 Å². The van der Waals surface area contributed by atoms with E-state index in [0.29, 0.717) is 5.90 Å². The van der Waals surface area contributed by atoms with Gasteiger partial charge in [0.25, 0.3) is 0 Å². The van der Waals surface area contributed by atoms with E-state index in [-0.39, 0.29) is 24.9 Å². The first-order valence-corrected chi connectivity index (χ1v) is 5.37. The molecule has 3 unspecified atom stereocenters. The molecular weight excluding hydrogens is 206 g/mol. The van der Waals surface area contributed by atoms with E-state index in [0.717, 1.165) is 11.3 Å². The van der Waals surface area contributed by atoms with Crippen molar-refractivity contribution >= 4 is 5.90 Å². The van der Waals surface area contributed by atoms with Crippen molar-refractivity contribution in [3.8, 4) is 5.75 Å². The summed E-state index contributed by atoms with van der Waals surface area (Å²) in [4.78, 5) is 4.45. The van der Waals surface area contributed by atoms with Crippen LogP contribution in [-0.4, -0.2) is 29.8 Å². The number of fused-ring (bicyclic) bond motifs is 3. The molecule has 1 aromatic rings. The number of para-hydroxylation sites is 1.